The van der Waals surface area contributed by atoms with Crippen LogP contribution in [-0.2, 0) is 0 Å². The van der Waals surface area contributed by atoms with Crippen molar-refractivity contribution in [3.8, 4) is 0 Å². The number of likely N-dealkylation sites (N-methyl/N-ethyl adjacent to an activating group) is 1. The number of nitrogens with two attached hydrogens (primary N) is 1. The van der Waals surface area contributed by atoms with Crippen molar-refractivity contribution >= 4 is 11.8 Å². The summed E-state index contributed by atoms with van der Waals surface area (Å²) in [6.07, 6.45) is 5.49. The van der Waals surface area contributed by atoms with Gasteiger partial charge in [0.2, 0.25) is 0 Å². The molecule has 3 nitrogen and oxygen atoms in total. The second-order valence-corrected chi connectivity index (χ2v) is 7.00. The minimum Gasteiger partial charge on any atom is -0.300 e. The maximum absolute atomic E-state index is 5.86. The van der Waals surface area contributed by atoms with Crippen LogP contribution < -0.4 is 11.3 Å². The Morgan fingerprint density at radius 3 is 2.88 bits per heavy atom. The maximum Gasteiger partial charge on any atom is 0.0402 e. The highest BCUT2D eigenvalue weighted by Gasteiger charge is 2.34. The van der Waals surface area contributed by atoms with Gasteiger partial charge in [-0.2, -0.15) is 11.8 Å². The zero-order valence-electron chi connectivity index (χ0n) is 11.2. The number of nitrogens with zero attached hydrogens (tertiary/aromatic N) is 1. The molecule has 2 aliphatic rings. The van der Waals surface area contributed by atoms with Crippen LogP contribution in [0.3, 0.4) is 0 Å². The SMILES string of the molecule is CC1CCCC(C(NN)C2CSCCN2C)C1. The van der Waals surface area contributed by atoms with Crippen molar-refractivity contribution in [1.82, 2.24) is 10.3 Å². The van der Waals surface area contributed by atoms with Gasteiger partial charge < -0.3 is 4.90 Å². The summed E-state index contributed by atoms with van der Waals surface area (Å²) in [6, 6.07) is 1.10. The normalized spacial score (nSPS) is 37.9. The fourth-order valence-electron chi connectivity index (χ4n) is 3.45. The lowest BCUT2D eigenvalue weighted by Crippen LogP contribution is -2.58. The Bertz CT molecular complexity index is 237. The summed E-state index contributed by atoms with van der Waals surface area (Å²) in [7, 11) is 2.25. The van der Waals surface area contributed by atoms with E-state index in [2.05, 4.69) is 36.1 Å². The van der Waals surface area contributed by atoms with Crippen LogP contribution in [0.5, 0.6) is 0 Å². The van der Waals surface area contributed by atoms with Crippen molar-refractivity contribution in [3.05, 3.63) is 0 Å². The van der Waals surface area contributed by atoms with Crippen molar-refractivity contribution in [2.24, 2.45) is 17.7 Å². The molecule has 1 aliphatic carbocycles. The standard InChI is InChI=1S/C13H27N3S/c1-10-4-3-5-11(8-10)13(15-14)12-9-17-7-6-16(12)2/h10-13,15H,3-9,14H2,1-2H3. The highest BCUT2D eigenvalue weighted by atomic mass is 32.2. The van der Waals surface area contributed by atoms with Crippen molar-refractivity contribution in [2.75, 3.05) is 25.1 Å². The van der Waals surface area contributed by atoms with E-state index in [9.17, 15) is 0 Å². The van der Waals surface area contributed by atoms with E-state index < -0.39 is 0 Å². The summed E-state index contributed by atoms with van der Waals surface area (Å²) in [5.41, 5.74) is 3.14. The summed E-state index contributed by atoms with van der Waals surface area (Å²) >= 11 is 2.08. The van der Waals surface area contributed by atoms with E-state index >= 15 is 0 Å². The number of hydrazine groups is 1. The van der Waals surface area contributed by atoms with Crippen LogP contribution in [0.1, 0.15) is 32.6 Å². The van der Waals surface area contributed by atoms with Crippen LogP contribution in [0, 0.1) is 11.8 Å². The Labute approximate surface area is 110 Å². The Kier molecular flexibility index (Phi) is 5.15. The summed E-state index contributed by atoms with van der Waals surface area (Å²) in [5.74, 6) is 10.0. The average molecular weight is 257 g/mol. The van der Waals surface area contributed by atoms with E-state index in [1.54, 1.807) is 0 Å². The van der Waals surface area contributed by atoms with Gasteiger partial charge in [-0.3, -0.25) is 11.3 Å². The molecule has 0 aromatic rings. The molecule has 1 saturated carbocycles. The van der Waals surface area contributed by atoms with Crippen LogP contribution in [-0.4, -0.2) is 42.1 Å². The molecule has 0 spiro atoms. The monoisotopic (exact) mass is 257 g/mol. The average Bonchev–Trinajstić information content (AvgIpc) is 2.33. The molecule has 0 aromatic carbocycles. The lowest BCUT2D eigenvalue weighted by Gasteiger charge is -2.43. The number of nitrogens with one attached hydrogen (secondary N) is 1. The van der Waals surface area contributed by atoms with Gasteiger partial charge in [-0.15, -0.1) is 0 Å². The van der Waals surface area contributed by atoms with Crippen LogP contribution in [0.4, 0.5) is 0 Å². The second-order valence-electron chi connectivity index (χ2n) is 5.85. The Morgan fingerprint density at radius 1 is 1.41 bits per heavy atom. The van der Waals surface area contributed by atoms with Gasteiger partial charge in [0.1, 0.15) is 0 Å². The highest BCUT2D eigenvalue weighted by molar-refractivity contribution is 7.99. The molecule has 1 heterocycles. The first-order chi connectivity index (χ1) is 8.22. The minimum atomic E-state index is 0.482. The first-order valence-electron chi connectivity index (χ1n) is 6.96. The smallest absolute Gasteiger partial charge is 0.0402 e. The predicted molar refractivity (Wildman–Crippen MR) is 76.0 cm³/mol. The molecule has 4 atom stereocenters. The first-order valence-corrected chi connectivity index (χ1v) is 8.12. The van der Waals surface area contributed by atoms with E-state index in [0.29, 0.717) is 12.1 Å². The fourth-order valence-corrected chi connectivity index (χ4v) is 4.74. The lowest BCUT2D eigenvalue weighted by molar-refractivity contribution is 0.136. The van der Waals surface area contributed by atoms with Gasteiger partial charge in [0.05, 0.1) is 0 Å². The molecule has 0 radical (unpaired) electrons. The lowest BCUT2D eigenvalue weighted by atomic mass is 9.77. The van der Waals surface area contributed by atoms with E-state index in [4.69, 9.17) is 5.84 Å². The van der Waals surface area contributed by atoms with Gasteiger partial charge in [-0.1, -0.05) is 19.8 Å². The predicted octanol–water partition coefficient (Wildman–Crippen LogP) is 1.69. The van der Waals surface area contributed by atoms with Gasteiger partial charge in [-0.05, 0) is 31.7 Å². The molecule has 2 rings (SSSR count). The summed E-state index contributed by atoms with van der Waals surface area (Å²) < 4.78 is 0. The van der Waals surface area contributed by atoms with Gasteiger partial charge in [0, 0.05) is 30.1 Å². The molecule has 1 saturated heterocycles. The molecule has 1 aliphatic heterocycles. The van der Waals surface area contributed by atoms with Crippen molar-refractivity contribution < 1.29 is 0 Å². The van der Waals surface area contributed by atoms with Crippen molar-refractivity contribution in [2.45, 2.75) is 44.7 Å². The topological polar surface area (TPSA) is 41.3 Å². The number of rotatable bonds is 3. The third-order valence-electron chi connectivity index (χ3n) is 4.53. The summed E-state index contributed by atoms with van der Waals surface area (Å²) in [4.78, 5) is 2.50. The van der Waals surface area contributed by atoms with E-state index in [0.717, 1.165) is 11.8 Å². The third-order valence-corrected chi connectivity index (χ3v) is 5.58. The van der Waals surface area contributed by atoms with Gasteiger partial charge in [0.15, 0.2) is 0 Å². The van der Waals surface area contributed by atoms with Gasteiger partial charge in [-0.25, -0.2) is 0 Å². The first kappa shape index (κ1) is 13.7. The molecule has 0 amide bonds. The number of hydrogen-bond donors (Lipinski definition) is 2. The molecule has 17 heavy (non-hydrogen) atoms. The summed E-state index contributed by atoms with van der Waals surface area (Å²) in [5, 5.41) is 0. The second kappa shape index (κ2) is 6.41. The number of thioether (sulfide) groups is 1. The van der Waals surface area contributed by atoms with E-state index in [-0.39, 0.29) is 0 Å². The summed E-state index contributed by atoms with van der Waals surface area (Å²) in [6.45, 7) is 3.59. The molecule has 4 unspecified atom stereocenters. The van der Waals surface area contributed by atoms with Crippen LogP contribution in [0.25, 0.3) is 0 Å². The molecular weight excluding hydrogens is 230 g/mol. The molecule has 4 heteroatoms. The fraction of sp³-hybridized carbons (Fsp3) is 1.00. The molecule has 3 N–H and O–H groups in total. The van der Waals surface area contributed by atoms with Crippen molar-refractivity contribution in [3.63, 3.8) is 0 Å². The molecule has 2 fully saturated rings. The van der Waals surface area contributed by atoms with Crippen LogP contribution in [0.2, 0.25) is 0 Å². The third kappa shape index (κ3) is 3.37. The quantitative estimate of drug-likeness (QED) is 0.596. The Balaban J connectivity index is 1.98. The highest BCUT2D eigenvalue weighted by Crippen LogP contribution is 2.33. The zero-order chi connectivity index (χ0) is 12.3. The molecule has 100 valence electrons. The number of hydrogen-bond acceptors (Lipinski definition) is 4. The largest absolute Gasteiger partial charge is 0.300 e. The van der Waals surface area contributed by atoms with Crippen LogP contribution in [0.15, 0.2) is 0 Å². The minimum absolute atomic E-state index is 0.482. The molecule has 0 aromatic heterocycles. The zero-order valence-corrected chi connectivity index (χ0v) is 12.0. The van der Waals surface area contributed by atoms with E-state index in [1.807, 2.05) is 0 Å². The maximum atomic E-state index is 5.86. The van der Waals surface area contributed by atoms with Crippen molar-refractivity contribution in [1.29, 1.82) is 0 Å². The van der Waals surface area contributed by atoms with Gasteiger partial charge >= 0.3 is 0 Å². The Morgan fingerprint density at radius 2 is 2.24 bits per heavy atom. The molecular formula is C13H27N3S. The van der Waals surface area contributed by atoms with E-state index in [1.165, 1.54) is 43.7 Å². The molecule has 0 bridgehead atoms. The van der Waals surface area contributed by atoms with Gasteiger partial charge in [0.25, 0.3) is 0 Å². The Hall–Kier alpha value is 0.230. The van der Waals surface area contributed by atoms with Crippen LogP contribution >= 0.6 is 11.8 Å².